The highest BCUT2D eigenvalue weighted by Gasteiger charge is 2.28. The summed E-state index contributed by atoms with van der Waals surface area (Å²) in [5.74, 6) is -0.0838. The van der Waals surface area contributed by atoms with Crippen LogP contribution in [0.1, 0.15) is 6.92 Å². The fourth-order valence-electron chi connectivity index (χ4n) is 1.78. The molecule has 1 aromatic rings. The highest BCUT2D eigenvalue weighted by atomic mass is 35.5. The molecule has 0 saturated carbocycles. The molecule has 1 amide bonds. The highest BCUT2D eigenvalue weighted by molar-refractivity contribution is 6.30. The van der Waals surface area contributed by atoms with Crippen molar-refractivity contribution < 1.29 is 9.53 Å². The van der Waals surface area contributed by atoms with Crippen LogP contribution in [0.2, 0.25) is 5.02 Å². The Kier molecular flexibility index (Phi) is 5.88. The van der Waals surface area contributed by atoms with E-state index in [9.17, 15) is 4.79 Å². The Balaban J connectivity index is 0.00000162. The molecular weight excluding hydrogens is 275 g/mol. The molecule has 1 saturated heterocycles. The van der Waals surface area contributed by atoms with Gasteiger partial charge in [0.05, 0.1) is 12.7 Å². The number of amides is 1. The molecule has 0 spiro atoms. The number of benzene rings is 1. The summed E-state index contributed by atoms with van der Waals surface area (Å²) in [5, 5.41) is 6.61. The first-order valence-corrected chi connectivity index (χ1v) is 5.96. The molecule has 6 heteroatoms. The molecule has 0 radical (unpaired) electrons. The second kappa shape index (κ2) is 6.95. The minimum absolute atomic E-state index is 0. The van der Waals surface area contributed by atoms with Crippen LogP contribution in [-0.2, 0) is 9.53 Å². The van der Waals surface area contributed by atoms with E-state index in [4.69, 9.17) is 16.3 Å². The van der Waals surface area contributed by atoms with Gasteiger partial charge in [0.15, 0.2) is 0 Å². The minimum Gasteiger partial charge on any atom is -0.375 e. The predicted octanol–water partition coefficient (Wildman–Crippen LogP) is 2.08. The monoisotopic (exact) mass is 290 g/mol. The molecule has 18 heavy (non-hydrogen) atoms. The van der Waals surface area contributed by atoms with Crippen molar-refractivity contribution in [2.45, 2.75) is 19.1 Å². The third kappa shape index (κ3) is 3.85. The third-order valence-corrected chi connectivity index (χ3v) is 2.96. The van der Waals surface area contributed by atoms with E-state index in [-0.39, 0.29) is 30.5 Å². The molecule has 1 fully saturated rings. The van der Waals surface area contributed by atoms with Crippen molar-refractivity contribution in [1.29, 1.82) is 0 Å². The van der Waals surface area contributed by atoms with Gasteiger partial charge in [0, 0.05) is 17.3 Å². The maximum atomic E-state index is 12.0. The van der Waals surface area contributed by atoms with Gasteiger partial charge in [-0.05, 0) is 31.2 Å². The normalized spacial score (nSPS) is 23.0. The van der Waals surface area contributed by atoms with Gasteiger partial charge < -0.3 is 15.4 Å². The summed E-state index contributed by atoms with van der Waals surface area (Å²) in [6, 6.07) is 6.72. The third-order valence-electron chi connectivity index (χ3n) is 2.71. The minimum atomic E-state index is -0.306. The first-order valence-electron chi connectivity index (χ1n) is 5.58. The van der Waals surface area contributed by atoms with Crippen LogP contribution in [0.3, 0.4) is 0 Å². The lowest BCUT2D eigenvalue weighted by Crippen LogP contribution is -2.53. The molecule has 0 bridgehead atoms. The van der Waals surface area contributed by atoms with Gasteiger partial charge in [-0.1, -0.05) is 11.6 Å². The quantitative estimate of drug-likeness (QED) is 0.877. The van der Waals surface area contributed by atoms with Crippen molar-refractivity contribution in [3.05, 3.63) is 29.3 Å². The first kappa shape index (κ1) is 15.2. The second-order valence-corrected chi connectivity index (χ2v) is 4.44. The standard InChI is InChI=1S/C12H15ClN2O2.ClH/c1-8-11(14-6-7-17-8)12(16)15-10-4-2-9(13)3-5-10;/h2-5,8,11,14H,6-7H2,1H3,(H,15,16);1H/t8-,11+;/m1./s1. The SMILES string of the molecule is C[C@H]1OCCN[C@@H]1C(=O)Nc1ccc(Cl)cc1.Cl. The topological polar surface area (TPSA) is 50.4 Å². The molecule has 1 heterocycles. The molecule has 0 aliphatic carbocycles. The van der Waals surface area contributed by atoms with Gasteiger partial charge in [-0.3, -0.25) is 4.79 Å². The summed E-state index contributed by atoms with van der Waals surface area (Å²) in [7, 11) is 0. The Morgan fingerprint density at radius 3 is 2.72 bits per heavy atom. The van der Waals surface area contributed by atoms with Crippen LogP contribution in [-0.4, -0.2) is 31.2 Å². The number of ether oxygens (including phenoxy) is 1. The molecular formula is C12H16Cl2N2O2. The number of hydrogen-bond donors (Lipinski definition) is 2. The summed E-state index contributed by atoms with van der Waals surface area (Å²) < 4.78 is 5.42. The number of carbonyl (C=O) groups is 1. The molecule has 0 unspecified atom stereocenters. The molecule has 2 rings (SSSR count). The maximum Gasteiger partial charge on any atom is 0.244 e. The lowest BCUT2D eigenvalue weighted by Gasteiger charge is -2.29. The van der Waals surface area contributed by atoms with Gasteiger partial charge in [-0.2, -0.15) is 0 Å². The van der Waals surface area contributed by atoms with Crippen LogP contribution in [0.15, 0.2) is 24.3 Å². The van der Waals surface area contributed by atoms with Gasteiger partial charge in [-0.25, -0.2) is 0 Å². The van der Waals surface area contributed by atoms with Crippen LogP contribution in [0, 0.1) is 0 Å². The number of rotatable bonds is 2. The van der Waals surface area contributed by atoms with E-state index in [1.165, 1.54) is 0 Å². The molecule has 2 N–H and O–H groups in total. The van der Waals surface area contributed by atoms with Crippen LogP contribution >= 0.6 is 24.0 Å². The van der Waals surface area contributed by atoms with E-state index >= 15 is 0 Å². The summed E-state index contributed by atoms with van der Waals surface area (Å²) in [6.45, 7) is 3.23. The molecule has 1 aliphatic rings. The number of hydrogen-bond acceptors (Lipinski definition) is 3. The lowest BCUT2D eigenvalue weighted by atomic mass is 10.1. The lowest BCUT2D eigenvalue weighted by molar-refractivity contribution is -0.123. The smallest absolute Gasteiger partial charge is 0.244 e. The zero-order valence-electron chi connectivity index (χ0n) is 9.98. The Morgan fingerprint density at radius 2 is 2.11 bits per heavy atom. The number of carbonyl (C=O) groups excluding carboxylic acids is 1. The van der Waals surface area contributed by atoms with E-state index < -0.39 is 0 Å². The van der Waals surface area contributed by atoms with Gasteiger partial charge in [0.2, 0.25) is 5.91 Å². The van der Waals surface area contributed by atoms with Crippen molar-refractivity contribution in [2.24, 2.45) is 0 Å². The second-order valence-electron chi connectivity index (χ2n) is 4.00. The van der Waals surface area contributed by atoms with E-state index in [1.807, 2.05) is 6.92 Å². The van der Waals surface area contributed by atoms with Crippen LogP contribution in [0.4, 0.5) is 5.69 Å². The molecule has 0 aromatic heterocycles. The van der Waals surface area contributed by atoms with E-state index in [0.717, 1.165) is 5.69 Å². The van der Waals surface area contributed by atoms with Crippen LogP contribution in [0.25, 0.3) is 0 Å². The summed E-state index contributed by atoms with van der Waals surface area (Å²) in [4.78, 5) is 12.0. The van der Waals surface area contributed by atoms with Crippen LogP contribution < -0.4 is 10.6 Å². The molecule has 1 aliphatic heterocycles. The van der Waals surface area contributed by atoms with Crippen molar-refractivity contribution in [3.8, 4) is 0 Å². The zero-order valence-corrected chi connectivity index (χ0v) is 11.6. The Labute approximate surface area is 117 Å². The molecule has 1 aromatic carbocycles. The van der Waals surface area contributed by atoms with Crippen molar-refractivity contribution >= 4 is 35.6 Å². The largest absolute Gasteiger partial charge is 0.375 e. The Hall–Kier alpha value is -0.810. The van der Waals surface area contributed by atoms with Crippen molar-refractivity contribution in [2.75, 3.05) is 18.5 Å². The fraction of sp³-hybridized carbons (Fsp3) is 0.417. The van der Waals surface area contributed by atoms with E-state index in [2.05, 4.69) is 10.6 Å². The Bertz CT molecular complexity index is 398. The number of anilines is 1. The molecule has 4 nitrogen and oxygen atoms in total. The molecule has 100 valence electrons. The number of morpholine rings is 1. The van der Waals surface area contributed by atoms with Crippen molar-refractivity contribution in [3.63, 3.8) is 0 Å². The van der Waals surface area contributed by atoms with Crippen molar-refractivity contribution in [1.82, 2.24) is 5.32 Å². The van der Waals surface area contributed by atoms with Gasteiger partial charge in [0.25, 0.3) is 0 Å². The average molecular weight is 291 g/mol. The van der Waals surface area contributed by atoms with Gasteiger partial charge in [0.1, 0.15) is 6.04 Å². The summed E-state index contributed by atoms with van der Waals surface area (Å²) >= 11 is 5.78. The van der Waals surface area contributed by atoms with E-state index in [1.54, 1.807) is 24.3 Å². The maximum absolute atomic E-state index is 12.0. The predicted molar refractivity (Wildman–Crippen MR) is 74.5 cm³/mol. The number of halogens is 2. The summed E-state index contributed by atoms with van der Waals surface area (Å²) in [6.07, 6.45) is -0.115. The zero-order chi connectivity index (χ0) is 12.3. The summed E-state index contributed by atoms with van der Waals surface area (Å²) in [5.41, 5.74) is 0.735. The molecule has 2 atom stereocenters. The van der Waals surface area contributed by atoms with Gasteiger partial charge in [-0.15, -0.1) is 12.4 Å². The Morgan fingerprint density at radius 1 is 1.44 bits per heavy atom. The van der Waals surface area contributed by atoms with E-state index in [0.29, 0.717) is 18.2 Å². The fourth-order valence-corrected chi connectivity index (χ4v) is 1.91. The number of nitrogens with one attached hydrogen (secondary N) is 2. The van der Waals surface area contributed by atoms with Gasteiger partial charge >= 0.3 is 0 Å². The van der Waals surface area contributed by atoms with Crippen LogP contribution in [0.5, 0.6) is 0 Å². The average Bonchev–Trinajstić information content (AvgIpc) is 2.32. The first-order chi connectivity index (χ1) is 8.16. The highest BCUT2D eigenvalue weighted by Crippen LogP contribution is 2.14.